The minimum absolute atomic E-state index is 0.497. The number of aryl methyl sites for hydroxylation is 1. The molecule has 2 rings (SSSR count). The topological polar surface area (TPSA) is 67.8 Å². The quantitative estimate of drug-likeness (QED) is 0.721. The molecule has 5 nitrogen and oxygen atoms in total. The zero-order valence-electron chi connectivity index (χ0n) is 8.10. The van der Waals surface area contributed by atoms with E-state index in [1.165, 1.54) is 0 Å². The molecule has 1 heterocycles. The molecule has 0 radical (unpaired) electrons. The van der Waals surface area contributed by atoms with Gasteiger partial charge in [-0.05, 0) is 19.1 Å². The van der Waals surface area contributed by atoms with Gasteiger partial charge in [0.1, 0.15) is 6.20 Å². The summed E-state index contributed by atoms with van der Waals surface area (Å²) in [5.74, 6) is 0. The van der Waals surface area contributed by atoms with Crippen molar-refractivity contribution in [3.63, 3.8) is 0 Å². The zero-order valence-corrected chi connectivity index (χ0v) is 8.10. The van der Waals surface area contributed by atoms with E-state index in [0.29, 0.717) is 5.69 Å². The van der Waals surface area contributed by atoms with Gasteiger partial charge in [0, 0.05) is 0 Å². The predicted octanol–water partition coefficient (Wildman–Crippen LogP) is 0.229. The number of nitrogens with one attached hydrogen (secondary N) is 1. The third-order valence-electron chi connectivity index (χ3n) is 1.99. The van der Waals surface area contributed by atoms with Crippen LogP contribution in [0.4, 0.5) is 0 Å². The van der Waals surface area contributed by atoms with E-state index >= 15 is 0 Å². The van der Waals surface area contributed by atoms with Crippen LogP contribution < -0.4 is 11.2 Å². The van der Waals surface area contributed by atoms with E-state index in [4.69, 9.17) is 0 Å². The molecule has 0 fully saturated rings. The summed E-state index contributed by atoms with van der Waals surface area (Å²) < 4.78 is 1.14. The molecule has 0 aliphatic carbocycles. The van der Waals surface area contributed by atoms with Crippen molar-refractivity contribution < 1.29 is 0 Å². The highest BCUT2D eigenvalue weighted by Crippen LogP contribution is 2.04. The van der Waals surface area contributed by atoms with Gasteiger partial charge in [-0.2, -0.15) is 9.78 Å². The maximum Gasteiger partial charge on any atom is 0.349 e. The second-order valence-corrected chi connectivity index (χ2v) is 3.19. The van der Waals surface area contributed by atoms with Crippen LogP contribution in [0.1, 0.15) is 5.56 Å². The Morgan fingerprint density at radius 3 is 2.47 bits per heavy atom. The van der Waals surface area contributed by atoms with E-state index in [-0.39, 0.29) is 0 Å². The minimum Gasteiger partial charge on any atom is -0.271 e. The zero-order chi connectivity index (χ0) is 10.8. The Hall–Kier alpha value is -2.17. The first kappa shape index (κ1) is 9.39. The number of rotatable bonds is 1. The standard InChI is InChI=1S/C10H9N3O2/c1-7-2-4-8(5-3-7)13-10(15)12-9(14)6-11-13/h2-6H,1H3,(H,12,14,15). The lowest BCUT2D eigenvalue weighted by Gasteiger charge is -2.02. The molecule has 1 aromatic heterocycles. The fourth-order valence-corrected chi connectivity index (χ4v) is 1.22. The second-order valence-electron chi connectivity index (χ2n) is 3.19. The smallest absolute Gasteiger partial charge is 0.271 e. The second kappa shape index (κ2) is 3.53. The van der Waals surface area contributed by atoms with Gasteiger partial charge < -0.3 is 0 Å². The summed E-state index contributed by atoms with van der Waals surface area (Å²) in [4.78, 5) is 24.3. The van der Waals surface area contributed by atoms with Crippen LogP contribution in [0.15, 0.2) is 40.1 Å². The summed E-state index contributed by atoms with van der Waals surface area (Å²) in [6.07, 6.45) is 1.07. The Labute approximate surface area is 85.0 Å². The van der Waals surface area contributed by atoms with Gasteiger partial charge in [0.15, 0.2) is 0 Å². The Balaban J connectivity index is 2.59. The molecule has 1 N–H and O–H groups in total. The number of nitrogens with zero attached hydrogens (tertiary/aromatic N) is 2. The van der Waals surface area contributed by atoms with Gasteiger partial charge in [0.2, 0.25) is 0 Å². The highest BCUT2D eigenvalue weighted by Gasteiger charge is 2.00. The fraction of sp³-hybridized carbons (Fsp3) is 0.100. The number of benzene rings is 1. The van der Waals surface area contributed by atoms with Gasteiger partial charge in [-0.15, -0.1) is 0 Å². The first-order valence-corrected chi connectivity index (χ1v) is 4.42. The number of H-pyrrole nitrogens is 1. The molecule has 0 atom stereocenters. The SMILES string of the molecule is Cc1ccc(-n2ncc(=O)[nH]c2=O)cc1. The summed E-state index contributed by atoms with van der Waals surface area (Å²) in [5, 5.41) is 3.74. The normalized spacial score (nSPS) is 10.2. The molecule has 0 unspecified atom stereocenters. The number of hydrogen-bond donors (Lipinski definition) is 1. The van der Waals surface area contributed by atoms with Crippen molar-refractivity contribution in [1.29, 1.82) is 0 Å². The Bertz CT molecular complexity index is 581. The van der Waals surface area contributed by atoms with E-state index in [1.54, 1.807) is 12.1 Å². The Morgan fingerprint density at radius 1 is 1.20 bits per heavy atom. The molecule has 0 spiro atoms. The minimum atomic E-state index is -0.536. The van der Waals surface area contributed by atoms with Crippen molar-refractivity contribution in [2.75, 3.05) is 0 Å². The van der Waals surface area contributed by atoms with Gasteiger partial charge in [-0.3, -0.25) is 9.78 Å². The Kier molecular flexibility index (Phi) is 2.21. The summed E-state index contributed by atoms with van der Waals surface area (Å²) in [6.45, 7) is 1.95. The largest absolute Gasteiger partial charge is 0.349 e. The van der Waals surface area contributed by atoms with Gasteiger partial charge >= 0.3 is 5.69 Å². The summed E-state index contributed by atoms with van der Waals surface area (Å²) in [7, 11) is 0. The van der Waals surface area contributed by atoms with E-state index < -0.39 is 11.2 Å². The van der Waals surface area contributed by atoms with Gasteiger partial charge in [0.25, 0.3) is 5.56 Å². The van der Waals surface area contributed by atoms with Crippen LogP contribution in [-0.2, 0) is 0 Å². The van der Waals surface area contributed by atoms with Crippen molar-refractivity contribution in [3.05, 3.63) is 56.9 Å². The first-order chi connectivity index (χ1) is 7.16. The molecule has 76 valence electrons. The molecule has 5 heteroatoms. The van der Waals surface area contributed by atoms with Crippen LogP contribution in [0, 0.1) is 6.92 Å². The van der Waals surface area contributed by atoms with Crippen molar-refractivity contribution in [1.82, 2.24) is 14.8 Å². The number of aromatic amines is 1. The molecule has 0 aliphatic heterocycles. The highest BCUT2D eigenvalue weighted by molar-refractivity contribution is 5.32. The number of hydrogen-bond acceptors (Lipinski definition) is 3. The van der Waals surface area contributed by atoms with E-state index in [9.17, 15) is 9.59 Å². The molecular weight excluding hydrogens is 194 g/mol. The molecule has 0 saturated carbocycles. The molecule has 15 heavy (non-hydrogen) atoms. The lowest BCUT2D eigenvalue weighted by Crippen LogP contribution is -2.30. The van der Waals surface area contributed by atoms with E-state index in [1.807, 2.05) is 19.1 Å². The maximum absolute atomic E-state index is 11.4. The van der Waals surface area contributed by atoms with E-state index in [0.717, 1.165) is 16.4 Å². The molecule has 0 amide bonds. The monoisotopic (exact) mass is 203 g/mol. The average Bonchev–Trinajstić information content (AvgIpc) is 2.20. The van der Waals surface area contributed by atoms with Crippen LogP contribution >= 0.6 is 0 Å². The average molecular weight is 203 g/mol. The summed E-state index contributed by atoms with van der Waals surface area (Å²) in [6, 6.07) is 7.27. The maximum atomic E-state index is 11.4. The molecule has 0 aliphatic rings. The predicted molar refractivity (Wildman–Crippen MR) is 55.2 cm³/mol. The molecule has 1 aromatic carbocycles. The molecule has 0 bridgehead atoms. The lowest BCUT2D eigenvalue weighted by atomic mass is 10.2. The molecular formula is C10H9N3O2. The lowest BCUT2D eigenvalue weighted by molar-refractivity contribution is 0.749. The van der Waals surface area contributed by atoms with Crippen LogP contribution in [0.5, 0.6) is 0 Å². The summed E-state index contributed by atoms with van der Waals surface area (Å²) >= 11 is 0. The van der Waals surface area contributed by atoms with Crippen molar-refractivity contribution in [2.24, 2.45) is 0 Å². The van der Waals surface area contributed by atoms with Crippen LogP contribution in [0.25, 0.3) is 5.69 Å². The summed E-state index contributed by atoms with van der Waals surface area (Å²) in [5.41, 5.74) is 0.688. The van der Waals surface area contributed by atoms with Gasteiger partial charge in [0.05, 0.1) is 5.69 Å². The molecule has 2 aromatic rings. The van der Waals surface area contributed by atoms with Gasteiger partial charge in [-0.1, -0.05) is 17.7 Å². The third-order valence-corrected chi connectivity index (χ3v) is 1.99. The fourth-order valence-electron chi connectivity index (χ4n) is 1.22. The van der Waals surface area contributed by atoms with Crippen molar-refractivity contribution in [2.45, 2.75) is 6.92 Å². The van der Waals surface area contributed by atoms with E-state index in [2.05, 4.69) is 10.1 Å². The first-order valence-electron chi connectivity index (χ1n) is 4.42. The molecule has 0 saturated heterocycles. The Morgan fingerprint density at radius 2 is 1.87 bits per heavy atom. The van der Waals surface area contributed by atoms with Crippen LogP contribution in [-0.4, -0.2) is 14.8 Å². The van der Waals surface area contributed by atoms with Crippen LogP contribution in [0.3, 0.4) is 0 Å². The van der Waals surface area contributed by atoms with Crippen molar-refractivity contribution in [3.8, 4) is 5.69 Å². The number of aromatic nitrogens is 3. The van der Waals surface area contributed by atoms with Crippen molar-refractivity contribution >= 4 is 0 Å². The van der Waals surface area contributed by atoms with Gasteiger partial charge in [-0.25, -0.2) is 4.79 Å². The van der Waals surface area contributed by atoms with Crippen LogP contribution in [0.2, 0.25) is 0 Å². The third kappa shape index (κ3) is 1.85. The highest BCUT2D eigenvalue weighted by atomic mass is 16.2.